The standard InChI is InChI=1S/C28H20N2O12/c1-37-17-7-5-8-18(38-2)21(17)27(35)41-29-23(31)13-11-15-16(12-14(13)24(29)32)26(34)30(25(15)33)42-28(36)22-19(39-3)9-6-10-20(22)40-4/h5-12H,1-4H3. The van der Waals surface area contributed by atoms with Crippen LogP contribution in [0, 0.1) is 0 Å². The molecule has 0 saturated heterocycles. The highest BCUT2D eigenvalue weighted by atomic mass is 16.7. The highest BCUT2D eigenvalue weighted by Gasteiger charge is 2.27. The minimum atomic E-state index is -1.14. The van der Waals surface area contributed by atoms with Gasteiger partial charge in [0.1, 0.15) is 34.1 Å². The van der Waals surface area contributed by atoms with Gasteiger partial charge in [-0.15, -0.1) is 0 Å². The van der Waals surface area contributed by atoms with Crippen LogP contribution in [0.25, 0.3) is 21.5 Å². The molecule has 0 atom stereocenters. The van der Waals surface area contributed by atoms with Gasteiger partial charge in [-0.25, -0.2) is 9.59 Å². The Kier molecular flexibility index (Phi) is 6.96. The van der Waals surface area contributed by atoms with E-state index >= 15 is 0 Å². The molecule has 5 aromatic rings. The van der Waals surface area contributed by atoms with Crippen LogP contribution in [0.15, 0.2) is 67.7 Å². The fourth-order valence-corrected chi connectivity index (χ4v) is 4.46. The van der Waals surface area contributed by atoms with Gasteiger partial charge in [-0.3, -0.25) is 19.2 Å². The van der Waals surface area contributed by atoms with E-state index in [4.69, 9.17) is 28.6 Å². The molecule has 0 saturated carbocycles. The highest BCUT2D eigenvalue weighted by molar-refractivity contribution is 5.99. The summed E-state index contributed by atoms with van der Waals surface area (Å²) in [5, 5.41) is -1.28. The summed E-state index contributed by atoms with van der Waals surface area (Å²) in [7, 11) is 5.21. The van der Waals surface area contributed by atoms with E-state index in [9.17, 15) is 28.8 Å². The lowest BCUT2D eigenvalue weighted by molar-refractivity contribution is 0.0419. The SMILES string of the molecule is COc1cccc(OC)c1C(=O)On1c(=O)c2cc3c(=O)n(OC(=O)c4c(OC)cccc4OC)c(=O)c3cc2c1=O. The molecule has 0 N–H and O–H groups in total. The summed E-state index contributed by atoms with van der Waals surface area (Å²) in [5.74, 6) is -2.03. The molecular weight excluding hydrogens is 556 g/mol. The first kappa shape index (κ1) is 27.6. The molecule has 14 nitrogen and oxygen atoms in total. The number of rotatable bonds is 8. The minimum absolute atomic E-state index is 0.0616. The highest BCUT2D eigenvalue weighted by Crippen LogP contribution is 2.29. The largest absolute Gasteiger partial charge is 0.496 e. The average molecular weight is 576 g/mol. The van der Waals surface area contributed by atoms with E-state index in [0.29, 0.717) is 0 Å². The maximum atomic E-state index is 13.1. The minimum Gasteiger partial charge on any atom is -0.496 e. The van der Waals surface area contributed by atoms with Crippen molar-refractivity contribution >= 4 is 33.5 Å². The third-order valence-electron chi connectivity index (χ3n) is 6.43. The summed E-state index contributed by atoms with van der Waals surface area (Å²) in [6, 6.07) is 10.9. The van der Waals surface area contributed by atoms with Crippen molar-refractivity contribution in [3.8, 4) is 23.0 Å². The van der Waals surface area contributed by atoms with E-state index in [-0.39, 0.29) is 65.1 Å². The number of ether oxygens (including phenoxy) is 4. The van der Waals surface area contributed by atoms with Crippen LogP contribution in [-0.2, 0) is 0 Å². The summed E-state index contributed by atoms with van der Waals surface area (Å²) in [6.45, 7) is 0. The van der Waals surface area contributed by atoms with Gasteiger partial charge in [-0.05, 0) is 36.4 Å². The molecule has 0 spiro atoms. The van der Waals surface area contributed by atoms with Crippen molar-refractivity contribution < 1.29 is 38.2 Å². The second kappa shape index (κ2) is 10.6. The molecule has 0 bridgehead atoms. The Bertz CT molecular complexity index is 1840. The lowest BCUT2D eigenvalue weighted by atomic mass is 10.1. The molecule has 3 aromatic carbocycles. The van der Waals surface area contributed by atoms with Crippen molar-refractivity contribution in [2.24, 2.45) is 0 Å². The first-order valence-corrected chi connectivity index (χ1v) is 12.0. The fourth-order valence-electron chi connectivity index (χ4n) is 4.46. The quantitative estimate of drug-likeness (QED) is 0.251. The maximum Gasteiger partial charge on any atom is 0.371 e. The van der Waals surface area contributed by atoms with Gasteiger partial charge in [0.25, 0.3) is 22.2 Å². The Balaban J connectivity index is 1.58. The number of aromatic nitrogens is 2. The van der Waals surface area contributed by atoms with Gasteiger partial charge >= 0.3 is 11.9 Å². The van der Waals surface area contributed by atoms with Crippen LogP contribution in [-0.4, -0.2) is 49.8 Å². The number of carbonyl (C=O) groups excluding carboxylic acids is 2. The smallest absolute Gasteiger partial charge is 0.371 e. The number of carbonyl (C=O) groups is 2. The molecule has 0 fully saturated rings. The van der Waals surface area contributed by atoms with Crippen LogP contribution in [0.5, 0.6) is 23.0 Å². The topological polar surface area (TPSA) is 168 Å². The van der Waals surface area contributed by atoms with Crippen molar-refractivity contribution in [2.75, 3.05) is 28.4 Å². The normalized spacial score (nSPS) is 11.0. The van der Waals surface area contributed by atoms with Crippen LogP contribution in [0.4, 0.5) is 0 Å². The second-order valence-electron chi connectivity index (χ2n) is 8.59. The van der Waals surface area contributed by atoms with Gasteiger partial charge in [0.2, 0.25) is 0 Å². The summed E-state index contributed by atoms with van der Waals surface area (Å²) in [4.78, 5) is 88.5. The number of hydrogen-bond donors (Lipinski definition) is 0. The van der Waals surface area contributed by atoms with Crippen LogP contribution in [0.2, 0.25) is 0 Å². The maximum absolute atomic E-state index is 13.1. The zero-order valence-corrected chi connectivity index (χ0v) is 22.4. The van der Waals surface area contributed by atoms with Crippen molar-refractivity contribution in [1.82, 2.24) is 9.46 Å². The molecular formula is C28H20N2O12. The monoisotopic (exact) mass is 576 g/mol. The molecule has 214 valence electrons. The lowest BCUT2D eigenvalue weighted by Gasteiger charge is -2.11. The van der Waals surface area contributed by atoms with Gasteiger partial charge in [0.05, 0.1) is 50.0 Å². The molecule has 0 aliphatic rings. The molecule has 2 aromatic heterocycles. The molecule has 2 heterocycles. The van der Waals surface area contributed by atoms with E-state index < -0.39 is 34.2 Å². The number of nitrogens with zero attached hydrogens (tertiary/aromatic N) is 2. The number of benzene rings is 3. The Labute approximate surface area is 233 Å². The molecule has 0 aliphatic carbocycles. The Hall–Kier alpha value is -5.92. The van der Waals surface area contributed by atoms with E-state index in [1.165, 1.54) is 52.7 Å². The lowest BCUT2D eigenvalue weighted by Crippen LogP contribution is -2.36. The van der Waals surface area contributed by atoms with Crippen molar-refractivity contribution in [3.63, 3.8) is 0 Å². The molecule has 5 rings (SSSR count). The van der Waals surface area contributed by atoms with Gasteiger partial charge in [-0.2, -0.15) is 0 Å². The second-order valence-corrected chi connectivity index (χ2v) is 8.59. The van der Waals surface area contributed by atoms with Gasteiger partial charge < -0.3 is 28.6 Å². The summed E-state index contributed by atoms with van der Waals surface area (Å²) in [6.07, 6.45) is 0. The first-order chi connectivity index (χ1) is 20.2. The molecule has 0 amide bonds. The van der Waals surface area contributed by atoms with Crippen LogP contribution in [0.3, 0.4) is 0 Å². The molecule has 0 unspecified atom stereocenters. The van der Waals surface area contributed by atoms with Crippen molar-refractivity contribution in [1.29, 1.82) is 0 Å². The van der Waals surface area contributed by atoms with Gasteiger partial charge in [-0.1, -0.05) is 21.6 Å². The van der Waals surface area contributed by atoms with Crippen LogP contribution < -0.4 is 50.9 Å². The van der Waals surface area contributed by atoms with E-state index in [1.807, 2.05) is 0 Å². The predicted octanol–water partition coefficient (Wildman–Crippen LogP) is 0.485. The summed E-state index contributed by atoms with van der Waals surface area (Å²) in [5.41, 5.74) is -4.67. The molecule has 42 heavy (non-hydrogen) atoms. The number of hydrogen-bond acceptors (Lipinski definition) is 12. The zero-order chi connectivity index (χ0) is 30.3. The van der Waals surface area contributed by atoms with Crippen molar-refractivity contribution in [3.05, 3.63) is 101 Å². The average Bonchev–Trinajstić information content (AvgIpc) is 3.38. The molecule has 0 aliphatic heterocycles. The van der Waals surface area contributed by atoms with E-state index in [0.717, 1.165) is 12.1 Å². The zero-order valence-electron chi connectivity index (χ0n) is 22.4. The Morgan fingerprint density at radius 3 is 1.00 bits per heavy atom. The first-order valence-electron chi connectivity index (χ1n) is 12.0. The Morgan fingerprint density at radius 1 is 0.500 bits per heavy atom. The van der Waals surface area contributed by atoms with E-state index in [1.54, 1.807) is 12.1 Å². The third kappa shape index (κ3) is 4.21. The fraction of sp³-hybridized carbons (Fsp3) is 0.143. The molecule has 0 radical (unpaired) electrons. The van der Waals surface area contributed by atoms with Crippen molar-refractivity contribution in [2.45, 2.75) is 0 Å². The van der Waals surface area contributed by atoms with Crippen LogP contribution >= 0.6 is 0 Å². The number of fused-ring (bicyclic) bond motifs is 2. The van der Waals surface area contributed by atoms with Gasteiger partial charge in [0, 0.05) is 0 Å². The summed E-state index contributed by atoms with van der Waals surface area (Å²) < 4.78 is 21.0. The summed E-state index contributed by atoms with van der Waals surface area (Å²) >= 11 is 0. The van der Waals surface area contributed by atoms with Gasteiger partial charge in [0.15, 0.2) is 0 Å². The van der Waals surface area contributed by atoms with Crippen LogP contribution in [0.1, 0.15) is 20.7 Å². The molecule has 14 heteroatoms. The number of methoxy groups -OCH3 is 4. The Morgan fingerprint density at radius 2 is 0.762 bits per heavy atom. The predicted molar refractivity (Wildman–Crippen MR) is 146 cm³/mol. The van der Waals surface area contributed by atoms with E-state index in [2.05, 4.69) is 0 Å². The third-order valence-corrected chi connectivity index (χ3v) is 6.43.